The summed E-state index contributed by atoms with van der Waals surface area (Å²) in [5.41, 5.74) is 3.85. The Bertz CT molecular complexity index is 304. The van der Waals surface area contributed by atoms with Crippen LogP contribution in [0.1, 0.15) is 12.0 Å². The largest absolute Gasteiger partial charge is 0.453 e. The van der Waals surface area contributed by atoms with Gasteiger partial charge in [0.1, 0.15) is 0 Å². The first-order chi connectivity index (χ1) is 8.70. The molecule has 1 rings (SSSR count). The number of amides is 1. The average Bonchev–Trinajstić information content (AvgIpc) is 2.40. The van der Waals surface area contributed by atoms with Gasteiger partial charge in [-0.25, -0.2) is 10.3 Å². The summed E-state index contributed by atoms with van der Waals surface area (Å²) in [7, 11) is 3.02. The molecular weight excluding hydrogens is 232 g/mol. The second-order valence-corrected chi connectivity index (χ2v) is 3.48. The van der Waals surface area contributed by atoms with Gasteiger partial charge in [-0.3, -0.25) is 0 Å². The Kier molecular flexibility index (Phi) is 10.8. The van der Waals surface area contributed by atoms with Gasteiger partial charge in [-0.1, -0.05) is 35.9 Å². The number of hydrogen-bond acceptors (Lipinski definition) is 4. The van der Waals surface area contributed by atoms with Crippen LogP contribution >= 0.6 is 0 Å². The van der Waals surface area contributed by atoms with E-state index in [9.17, 15) is 4.79 Å². The third-order valence-corrected chi connectivity index (χ3v) is 1.96. The molecule has 0 atom stereocenters. The molecule has 5 nitrogen and oxygen atoms in total. The number of hydroxylamine groups is 1. The number of nitrogens with one attached hydrogen (secondary N) is 2. The van der Waals surface area contributed by atoms with Crippen LogP contribution in [0.4, 0.5) is 4.79 Å². The minimum atomic E-state index is -0.408. The van der Waals surface area contributed by atoms with Crippen LogP contribution in [-0.4, -0.2) is 33.4 Å². The summed E-state index contributed by atoms with van der Waals surface area (Å²) in [6, 6.07) is 10.3. The molecule has 1 aromatic rings. The molecule has 0 aromatic heterocycles. The van der Waals surface area contributed by atoms with Gasteiger partial charge in [0.25, 0.3) is 0 Å². The maximum Gasteiger partial charge on any atom is 0.406 e. The Morgan fingerprint density at radius 2 is 1.94 bits per heavy atom. The summed E-state index contributed by atoms with van der Waals surface area (Å²) in [6.07, 6.45) is 0.352. The van der Waals surface area contributed by atoms with E-state index in [2.05, 4.69) is 34.6 Å². The fraction of sp³-hybridized carbons (Fsp3) is 0.462. The molecule has 5 heteroatoms. The monoisotopic (exact) mass is 254 g/mol. The molecule has 0 spiro atoms. The van der Waals surface area contributed by atoms with Crippen LogP contribution in [0.3, 0.4) is 0 Å². The van der Waals surface area contributed by atoms with Crippen molar-refractivity contribution in [1.82, 2.24) is 10.8 Å². The zero-order valence-electron chi connectivity index (χ0n) is 11.2. The summed E-state index contributed by atoms with van der Waals surface area (Å²) in [5.74, 6) is 0. The van der Waals surface area contributed by atoms with Crippen molar-refractivity contribution in [2.45, 2.75) is 13.3 Å². The number of carbonyl (C=O) groups excluding carboxylic acids is 1. The summed E-state index contributed by atoms with van der Waals surface area (Å²) >= 11 is 0. The number of rotatable bonds is 5. The van der Waals surface area contributed by atoms with E-state index >= 15 is 0 Å². The van der Waals surface area contributed by atoms with Crippen molar-refractivity contribution in [3.63, 3.8) is 0 Å². The quantitative estimate of drug-likeness (QED) is 0.622. The number of hydrogen-bond donors (Lipinski definition) is 2. The summed E-state index contributed by atoms with van der Waals surface area (Å²) in [6.45, 7) is 3.22. The first-order valence-corrected chi connectivity index (χ1v) is 5.82. The third kappa shape index (κ3) is 10.9. The van der Waals surface area contributed by atoms with Gasteiger partial charge in [-0.05, 0) is 13.3 Å². The van der Waals surface area contributed by atoms with Crippen molar-refractivity contribution in [3.8, 4) is 0 Å². The molecule has 0 saturated carbocycles. The highest BCUT2D eigenvalue weighted by Crippen LogP contribution is 1.92. The SMILES string of the molecule is CNOCCCNC(=O)OC.Cc1ccccc1. The van der Waals surface area contributed by atoms with Gasteiger partial charge in [0.15, 0.2) is 0 Å². The Hall–Kier alpha value is -1.59. The lowest BCUT2D eigenvalue weighted by Gasteiger charge is -2.02. The van der Waals surface area contributed by atoms with E-state index in [4.69, 9.17) is 4.84 Å². The first-order valence-electron chi connectivity index (χ1n) is 5.82. The van der Waals surface area contributed by atoms with Gasteiger partial charge in [-0.2, -0.15) is 0 Å². The standard InChI is InChI=1S/C7H8.C6H14N2O3/c1-7-5-3-2-4-6-7;1-7-11-5-3-4-8-6(9)10-2/h2-6H,1H3;7H,3-5H2,1-2H3,(H,8,9). The molecule has 18 heavy (non-hydrogen) atoms. The van der Waals surface area contributed by atoms with Crippen LogP contribution in [0.2, 0.25) is 0 Å². The smallest absolute Gasteiger partial charge is 0.406 e. The molecule has 0 saturated heterocycles. The molecule has 0 aliphatic carbocycles. The predicted molar refractivity (Wildman–Crippen MR) is 71.2 cm³/mol. The molecule has 0 heterocycles. The second kappa shape index (κ2) is 11.9. The van der Waals surface area contributed by atoms with E-state index in [-0.39, 0.29) is 0 Å². The molecule has 0 aliphatic heterocycles. The lowest BCUT2D eigenvalue weighted by molar-refractivity contribution is 0.0562. The van der Waals surface area contributed by atoms with Crippen molar-refractivity contribution in [1.29, 1.82) is 0 Å². The molecule has 2 N–H and O–H groups in total. The van der Waals surface area contributed by atoms with Crippen molar-refractivity contribution in [2.75, 3.05) is 27.3 Å². The predicted octanol–water partition coefficient (Wildman–Crippen LogP) is 1.88. The number of benzene rings is 1. The van der Waals surface area contributed by atoms with Crippen LogP contribution in [0, 0.1) is 6.92 Å². The lowest BCUT2D eigenvalue weighted by atomic mass is 10.2. The normalized spacial score (nSPS) is 9.06. The number of methoxy groups -OCH3 is 1. The van der Waals surface area contributed by atoms with E-state index in [0.717, 1.165) is 6.42 Å². The fourth-order valence-electron chi connectivity index (χ4n) is 1.04. The van der Waals surface area contributed by atoms with E-state index in [1.807, 2.05) is 18.2 Å². The lowest BCUT2D eigenvalue weighted by Crippen LogP contribution is -2.25. The molecule has 0 radical (unpaired) electrons. The Morgan fingerprint density at radius 1 is 1.28 bits per heavy atom. The third-order valence-electron chi connectivity index (χ3n) is 1.96. The van der Waals surface area contributed by atoms with Crippen LogP contribution in [0.15, 0.2) is 30.3 Å². The zero-order chi connectivity index (χ0) is 13.6. The van der Waals surface area contributed by atoms with Crippen molar-refractivity contribution < 1.29 is 14.4 Å². The molecule has 0 fully saturated rings. The minimum absolute atomic E-state index is 0.408. The van der Waals surface area contributed by atoms with Crippen LogP contribution in [-0.2, 0) is 9.57 Å². The zero-order valence-corrected chi connectivity index (χ0v) is 11.2. The molecular formula is C13H22N2O3. The Labute approximate surface area is 108 Å². The molecule has 1 amide bonds. The van der Waals surface area contributed by atoms with Crippen molar-refractivity contribution >= 4 is 6.09 Å². The van der Waals surface area contributed by atoms with Crippen molar-refractivity contribution in [3.05, 3.63) is 35.9 Å². The molecule has 0 aliphatic rings. The van der Waals surface area contributed by atoms with Crippen LogP contribution in [0.25, 0.3) is 0 Å². The summed E-state index contributed by atoms with van der Waals surface area (Å²) in [4.78, 5) is 15.3. The number of carbonyl (C=O) groups is 1. The second-order valence-electron chi connectivity index (χ2n) is 3.48. The van der Waals surface area contributed by atoms with Gasteiger partial charge >= 0.3 is 6.09 Å². The number of aryl methyl sites for hydroxylation is 1. The van der Waals surface area contributed by atoms with Crippen LogP contribution < -0.4 is 10.8 Å². The fourth-order valence-corrected chi connectivity index (χ4v) is 1.04. The van der Waals surface area contributed by atoms with Gasteiger partial charge in [-0.15, -0.1) is 0 Å². The van der Waals surface area contributed by atoms with Gasteiger partial charge in [0, 0.05) is 13.6 Å². The molecule has 0 unspecified atom stereocenters. The Balaban J connectivity index is 0.000000351. The van der Waals surface area contributed by atoms with E-state index in [1.165, 1.54) is 12.7 Å². The summed E-state index contributed by atoms with van der Waals surface area (Å²) < 4.78 is 4.35. The highest BCUT2D eigenvalue weighted by Gasteiger charge is 1.95. The molecule has 0 bridgehead atoms. The van der Waals surface area contributed by atoms with Gasteiger partial charge in [0.2, 0.25) is 0 Å². The van der Waals surface area contributed by atoms with Crippen molar-refractivity contribution in [2.24, 2.45) is 0 Å². The highest BCUT2D eigenvalue weighted by molar-refractivity contribution is 5.66. The first kappa shape index (κ1) is 16.4. The van der Waals surface area contributed by atoms with Gasteiger partial charge in [0.05, 0.1) is 13.7 Å². The maximum atomic E-state index is 10.5. The number of alkyl carbamates (subject to hydrolysis) is 1. The summed E-state index contributed by atoms with van der Waals surface area (Å²) in [5, 5.41) is 2.52. The molecule has 102 valence electrons. The Morgan fingerprint density at radius 3 is 2.39 bits per heavy atom. The van der Waals surface area contributed by atoms with E-state index < -0.39 is 6.09 Å². The average molecular weight is 254 g/mol. The minimum Gasteiger partial charge on any atom is -0.453 e. The topological polar surface area (TPSA) is 59.6 Å². The highest BCUT2D eigenvalue weighted by atomic mass is 16.6. The maximum absolute atomic E-state index is 10.5. The van der Waals surface area contributed by atoms with E-state index in [1.54, 1.807) is 7.05 Å². The van der Waals surface area contributed by atoms with Crippen LogP contribution in [0.5, 0.6) is 0 Å². The van der Waals surface area contributed by atoms with E-state index in [0.29, 0.717) is 13.2 Å². The van der Waals surface area contributed by atoms with Gasteiger partial charge < -0.3 is 14.9 Å². The molecule has 1 aromatic carbocycles. The number of ether oxygens (including phenoxy) is 1.